The summed E-state index contributed by atoms with van der Waals surface area (Å²) in [6, 6.07) is 7.77. The maximum Gasteiger partial charge on any atom is 0.268 e. The van der Waals surface area contributed by atoms with Crippen LogP contribution in [-0.2, 0) is 19.9 Å². The second kappa shape index (κ2) is 6.85. The number of carbonyl (C=O) groups is 1. The lowest BCUT2D eigenvalue weighted by atomic mass is 10.1. The van der Waals surface area contributed by atoms with Gasteiger partial charge in [-0.15, -0.1) is 0 Å². The van der Waals surface area contributed by atoms with Crippen molar-refractivity contribution in [1.82, 2.24) is 9.88 Å². The molecule has 0 saturated heterocycles. The summed E-state index contributed by atoms with van der Waals surface area (Å²) >= 11 is 11.9. The molecule has 23 heavy (non-hydrogen) atoms. The number of amides is 1. The van der Waals surface area contributed by atoms with Gasteiger partial charge in [-0.25, -0.2) is 0 Å². The van der Waals surface area contributed by atoms with E-state index in [2.05, 4.69) is 17.4 Å². The molecule has 1 aliphatic carbocycles. The maximum atomic E-state index is 12.1. The van der Waals surface area contributed by atoms with E-state index in [9.17, 15) is 4.79 Å². The molecule has 6 heteroatoms. The first-order chi connectivity index (χ1) is 11.1. The van der Waals surface area contributed by atoms with Crippen LogP contribution in [0.4, 0.5) is 0 Å². The Bertz CT molecular complexity index is 740. The largest absolute Gasteiger partial charge is 0.492 e. The summed E-state index contributed by atoms with van der Waals surface area (Å²) in [4.78, 5) is 12.1. The zero-order valence-electron chi connectivity index (χ0n) is 12.9. The molecule has 0 fully saturated rings. The highest BCUT2D eigenvalue weighted by Crippen LogP contribution is 2.26. The SMILES string of the molecule is Cn1c(C(=O)NCCOc2ccc3c(c2)CCC3)cc(Cl)c1Cl. The van der Waals surface area contributed by atoms with Gasteiger partial charge in [-0.2, -0.15) is 0 Å². The molecule has 1 amide bonds. The van der Waals surface area contributed by atoms with Gasteiger partial charge in [0.05, 0.1) is 11.6 Å². The zero-order chi connectivity index (χ0) is 16.4. The lowest BCUT2D eigenvalue weighted by Crippen LogP contribution is -2.29. The molecule has 1 aliphatic rings. The molecule has 0 radical (unpaired) electrons. The number of aromatic nitrogens is 1. The number of aryl methyl sites for hydroxylation is 2. The summed E-state index contributed by atoms with van der Waals surface area (Å²) in [5.74, 6) is 0.628. The van der Waals surface area contributed by atoms with E-state index in [0.717, 1.165) is 18.6 Å². The summed E-state index contributed by atoms with van der Waals surface area (Å²) in [5, 5.41) is 3.52. The maximum absolute atomic E-state index is 12.1. The Kier molecular flexibility index (Phi) is 4.83. The van der Waals surface area contributed by atoms with Crippen molar-refractivity contribution in [3.63, 3.8) is 0 Å². The molecule has 0 aliphatic heterocycles. The van der Waals surface area contributed by atoms with Crippen LogP contribution in [0.15, 0.2) is 24.3 Å². The second-order valence-electron chi connectivity index (χ2n) is 5.62. The predicted molar refractivity (Wildman–Crippen MR) is 91.7 cm³/mol. The number of hydrogen-bond donors (Lipinski definition) is 1. The van der Waals surface area contributed by atoms with Crippen LogP contribution < -0.4 is 10.1 Å². The highest BCUT2D eigenvalue weighted by Gasteiger charge is 2.15. The standard InChI is InChI=1S/C17H18Cl2N2O2/c1-21-15(10-14(18)16(21)19)17(22)20-7-8-23-13-6-5-11-3-2-4-12(11)9-13/h5-6,9-10H,2-4,7-8H2,1H3,(H,20,22). The van der Waals surface area contributed by atoms with E-state index in [1.54, 1.807) is 17.7 Å². The fourth-order valence-electron chi connectivity index (χ4n) is 2.82. The van der Waals surface area contributed by atoms with Gasteiger partial charge in [-0.05, 0) is 48.6 Å². The van der Waals surface area contributed by atoms with Crippen LogP contribution in [0.2, 0.25) is 10.2 Å². The van der Waals surface area contributed by atoms with Crippen LogP contribution in [0, 0.1) is 0 Å². The molecule has 1 aromatic heterocycles. The molecule has 3 rings (SSSR count). The normalized spacial score (nSPS) is 13.0. The minimum absolute atomic E-state index is 0.223. The fraction of sp³-hybridized carbons (Fsp3) is 0.353. The Hall–Kier alpha value is -1.65. The highest BCUT2D eigenvalue weighted by molar-refractivity contribution is 6.41. The predicted octanol–water partition coefficient (Wildman–Crippen LogP) is 3.63. The Labute approximate surface area is 145 Å². The summed E-state index contributed by atoms with van der Waals surface area (Å²) in [5.41, 5.74) is 3.22. The topological polar surface area (TPSA) is 43.3 Å². The van der Waals surface area contributed by atoms with Crippen LogP contribution in [0.25, 0.3) is 0 Å². The molecule has 0 atom stereocenters. The van der Waals surface area contributed by atoms with Crippen molar-refractivity contribution in [2.45, 2.75) is 19.3 Å². The highest BCUT2D eigenvalue weighted by atomic mass is 35.5. The molecule has 1 heterocycles. The van der Waals surface area contributed by atoms with E-state index in [-0.39, 0.29) is 5.91 Å². The summed E-state index contributed by atoms with van der Waals surface area (Å²) in [6.07, 6.45) is 3.50. The number of fused-ring (bicyclic) bond motifs is 1. The fourth-order valence-corrected chi connectivity index (χ4v) is 3.20. The van der Waals surface area contributed by atoms with Crippen LogP contribution in [0.3, 0.4) is 0 Å². The Morgan fingerprint density at radius 1 is 1.26 bits per heavy atom. The minimum Gasteiger partial charge on any atom is -0.492 e. The molecule has 1 aromatic carbocycles. The third kappa shape index (κ3) is 3.48. The lowest BCUT2D eigenvalue weighted by molar-refractivity contribution is 0.0939. The van der Waals surface area contributed by atoms with Crippen molar-refractivity contribution < 1.29 is 9.53 Å². The van der Waals surface area contributed by atoms with Crippen molar-refractivity contribution in [3.05, 3.63) is 51.3 Å². The third-order valence-electron chi connectivity index (χ3n) is 4.08. The molecule has 2 aromatic rings. The van der Waals surface area contributed by atoms with E-state index in [1.165, 1.54) is 17.5 Å². The second-order valence-corrected chi connectivity index (χ2v) is 6.38. The summed E-state index contributed by atoms with van der Waals surface area (Å²) in [7, 11) is 1.70. The quantitative estimate of drug-likeness (QED) is 0.835. The van der Waals surface area contributed by atoms with Gasteiger partial charge in [0.25, 0.3) is 5.91 Å². The Morgan fingerprint density at radius 3 is 2.78 bits per heavy atom. The van der Waals surface area contributed by atoms with Crippen LogP contribution in [0.1, 0.15) is 28.0 Å². The first-order valence-corrected chi connectivity index (χ1v) is 8.35. The van der Waals surface area contributed by atoms with Crippen molar-refractivity contribution in [2.24, 2.45) is 7.05 Å². The Morgan fingerprint density at radius 2 is 2.04 bits per heavy atom. The number of nitrogens with one attached hydrogen (secondary N) is 1. The number of rotatable bonds is 5. The van der Waals surface area contributed by atoms with Gasteiger partial charge in [0.2, 0.25) is 0 Å². The zero-order valence-corrected chi connectivity index (χ0v) is 14.4. The number of benzene rings is 1. The van der Waals surface area contributed by atoms with Crippen molar-refractivity contribution >= 4 is 29.1 Å². The molecule has 0 bridgehead atoms. The molecule has 122 valence electrons. The molecule has 0 spiro atoms. The van der Waals surface area contributed by atoms with E-state index < -0.39 is 0 Å². The van der Waals surface area contributed by atoms with Crippen molar-refractivity contribution in [1.29, 1.82) is 0 Å². The Balaban J connectivity index is 1.50. The van der Waals surface area contributed by atoms with Gasteiger partial charge >= 0.3 is 0 Å². The van der Waals surface area contributed by atoms with Gasteiger partial charge in [0, 0.05) is 7.05 Å². The van der Waals surface area contributed by atoms with Gasteiger partial charge in [-0.1, -0.05) is 29.3 Å². The van der Waals surface area contributed by atoms with E-state index in [0.29, 0.717) is 29.0 Å². The third-order valence-corrected chi connectivity index (χ3v) is 4.92. The molecule has 0 saturated carbocycles. The van der Waals surface area contributed by atoms with Gasteiger partial charge in [-0.3, -0.25) is 4.79 Å². The molecule has 4 nitrogen and oxygen atoms in total. The number of hydrogen-bond acceptors (Lipinski definition) is 2. The average Bonchev–Trinajstić information content (AvgIpc) is 3.11. The molecular weight excluding hydrogens is 335 g/mol. The van der Waals surface area contributed by atoms with Gasteiger partial charge in [0.1, 0.15) is 23.2 Å². The van der Waals surface area contributed by atoms with Crippen LogP contribution in [0.5, 0.6) is 5.75 Å². The minimum atomic E-state index is -0.223. The number of ether oxygens (including phenoxy) is 1. The molecular formula is C17H18Cl2N2O2. The van der Waals surface area contributed by atoms with E-state index in [1.807, 2.05) is 6.07 Å². The number of nitrogens with zero attached hydrogens (tertiary/aromatic N) is 1. The number of halogens is 2. The van der Waals surface area contributed by atoms with Crippen LogP contribution >= 0.6 is 23.2 Å². The van der Waals surface area contributed by atoms with Crippen LogP contribution in [-0.4, -0.2) is 23.6 Å². The van der Waals surface area contributed by atoms with E-state index >= 15 is 0 Å². The summed E-state index contributed by atoms with van der Waals surface area (Å²) < 4.78 is 7.26. The van der Waals surface area contributed by atoms with Crippen molar-refractivity contribution in [2.75, 3.05) is 13.2 Å². The molecule has 1 N–H and O–H groups in total. The van der Waals surface area contributed by atoms with Gasteiger partial charge < -0.3 is 14.6 Å². The molecule has 0 unspecified atom stereocenters. The van der Waals surface area contributed by atoms with E-state index in [4.69, 9.17) is 27.9 Å². The van der Waals surface area contributed by atoms with Gasteiger partial charge in [0.15, 0.2) is 0 Å². The first kappa shape index (κ1) is 16.2. The van der Waals surface area contributed by atoms with Crippen molar-refractivity contribution in [3.8, 4) is 5.75 Å². The first-order valence-electron chi connectivity index (χ1n) is 7.60. The smallest absolute Gasteiger partial charge is 0.268 e. The monoisotopic (exact) mass is 352 g/mol. The average molecular weight is 353 g/mol. The lowest BCUT2D eigenvalue weighted by Gasteiger charge is -2.09. The summed E-state index contributed by atoms with van der Waals surface area (Å²) in [6.45, 7) is 0.826. The number of carbonyl (C=O) groups excluding carboxylic acids is 1.